The zero-order valence-corrected chi connectivity index (χ0v) is 15.5. The van der Waals surface area contributed by atoms with E-state index in [0.29, 0.717) is 47.9 Å². The Morgan fingerprint density at radius 2 is 2.07 bits per heavy atom. The van der Waals surface area contributed by atoms with Crippen LogP contribution in [0.2, 0.25) is 0 Å². The molecule has 0 spiro atoms. The fourth-order valence-corrected chi connectivity index (χ4v) is 2.94. The summed E-state index contributed by atoms with van der Waals surface area (Å²) in [6, 6.07) is 6.99. The third-order valence-corrected chi connectivity index (χ3v) is 4.69. The Morgan fingerprint density at radius 1 is 1.37 bits per heavy atom. The number of ether oxygens (including phenoxy) is 2. The Labute approximate surface area is 157 Å². The van der Waals surface area contributed by atoms with Crippen molar-refractivity contribution in [3.8, 4) is 23.4 Å². The molecule has 1 atom stereocenters. The van der Waals surface area contributed by atoms with E-state index in [9.17, 15) is 15.2 Å². The average Bonchev–Trinajstić information content (AvgIpc) is 2.67. The van der Waals surface area contributed by atoms with Crippen LogP contribution in [-0.2, 0) is 0 Å². The number of hydrogen-bond donors (Lipinski definition) is 1. The maximum Gasteiger partial charge on any atom is 0.271 e. The molecule has 0 saturated heterocycles. The lowest BCUT2D eigenvalue weighted by Crippen LogP contribution is -2.27. The summed E-state index contributed by atoms with van der Waals surface area (Å²) >= 11 is 0. The first-order valence-corrected chi connectivity index (χ1v) is 8.79. The van der Waals surface area contributed by atoms with Crippen LogP contribution in [0.1, 0.15) is 43.0 Å². The van der Waals surface area contributed by atoms with Gasteiger partial charge in [0, 0.05) is 18.3 Å². The van der Waals surface area contributed by atoms with Crippen molar-refractivity contribution in [3.05, 3.63) is 45.2 Å². The number of nitriles is 1. The molecule has 1 aromatic heterocycles. The van der Waals surface area contributed by atoms with Crippen LogP contribution in [-0.4, -0.2) is 29.1 Å². The molecule has 3 rings (SSSR count). The van der Waals surface area contributed by atoms with Gasteiger partial charge in [0.15, 0.2) is 11.5 Å². The van der Waals surface area contributed by atoms with Crippen molar-refractivity contribution in [1.29, 1.82) is 5.26 Å². The molecule has 1 aliphatic rings. The second kappa shape index (κ2) is 7.54. The Balaban J connectivity index is 2.08. The number of aliphatic imine (C=N–C) groups is 1. The van der Waals surface area contributed by atoms with Crippen molar-refractivity contribution in [3.63, 3.8) is 0 Å². The van der Waals surface area contributed by atoms with Gasteiger partial charge in [-0.25, -0.2) is 0 Å². The predicted molar refractivity (Wildman–Crippen MR) is 102 cm³/mol. The first-order valence-electron chi connectivity index (χ1n) is 8.79. The van der Waals surface area contributed by atoms with Gasteiger partial charge in [0.05, 0.1) is 11.3 Å². The smallest absolute Gasteiger partial charge is 0.271 e. The molecule has 2 aromatic rings. The van der Waals surface area contributed by atoms with E-state index in [-0.39, 0.29) is 17.5 Å². The van der Waals surface area contributed by atoms with E-state index in [4.69, 9.17) is 9.47 Å². The van der Waals surface area contributed by atoms with E-state index < -0.39 is 5.56 Å². The molecule has 0 bridgehead atoms. The zero-order chi connectivity index (χ0) is 19.6. The molecule has 7 heteroatoms. The van der Waals surface area contributed by atoms with Crippen molar-refractivity contribution in [1.82, 2.24) is 4.57 Å². The van der Waals surface area contributed by atoms with Crippen molar-refractivity contribution in [2.24, 2.45) is 4.99 Å². The number of nitrogens with zero attached hydrogens (tertiary/aromatic N) is 3. The van der Waals surface area contributed by atoms with Gasteiger partial charge in [-0.3, -0.25) is 14.4 Å². The van der Waals surface area contributed by atoms with Crippen LogP contribution in [0.4, 0.5) is 5.69 Å². The zero-order valence-electron chi connectivity index (χ0n) is 15.5. The maximum atomic E-state index is 12.5. The van der Waals surface area contributed by atoms with Crippen molar-refractivity contribution >= 4 is 11.9 Å². The summed E-state index contributed by atoms with van der Waals surface area (Å²) < 4.78 is 12.3. The summed E-state index contributed by atoms with van der Waals surface area (Å²) in [5.74, 6) is 1.09. The molecule has 1 aliphatic heterocycles. The number of aromatic hydroxyl groups is 1. The first-order chi connectivity index (χ1) is 13.0. The average molecular weight is 367 g/mol. The third-order valence-electron chi connectivity index (χ3n) is 4.69. The van der Waals surface area contributed by atoms with E-state index >= 15 is 0 Å². The monoisotopic (exact) mass is 367 g/mol. The quantitative estimate of drug-likeness (QED) is 0.837. The van der Waals surface area contributed by atoms with E-state index in [1.807, 2.05) is 19.9 Å². The highest BCUT2D eigenvalue weighted by molar-refractivity contribution is 5.87. The number of rotatable bonds is 4. The first kappa shape index (κ1) is 18.5. The summed E-state index contributed by atoms with van der Waals surface area (Å²) in [7, 11) is 0. The fraction of sp³-hybridized carbons (Fsp3) is 0.350. The highest BCUT2D eigenvalue weighted by Gasteiger charge is 2.20. The molecule has 2 heterocycles. The van der Waals surface area contributed by atoms with Gasteiger partial charge in [-0.05, 0) is 38.0 Å². The minimum Gasteiger partial charge on any atom is -0.494 e. The van der Waals surface area contributed by atoms with Crippen LogP contribution in [0.25, 0.3) is 0 Å². The molecular formula is C20H21N3O4. The van der Waals surface area contributed by atoms with Gasteiger partial charge in [-0.2, -0.15) is 5.26 Å². The molecule has 1 aromatic carbocycles. The fourth-order valence-electron chi connectivity index (χ4n) is 2.94. The Hall–Kier alpha value is -3.27. The van der Waals surface area contributed by atoms with Gasteiger partial charge in [0.2, 0.25) is 5.88 Å². The molecule has 140 valence electrons. The van der Waals surface area contributed by atoms with Gasteiger partial charge >= 0.3 is 0 Å². The van der Waals surface area contributed by atoms with Gasteiger partial charge in [-0.1, -0.05) is 6.92 Å². The lowest BCUT2D eigenvalue weighted by Gasteiger charge is -2.19. The third kappa shape index (κ3) is 3.38. The molecule has 0 amide bonds. The van der Waals surface area contributed by atoms with E-state index in [1.165, 1.54) is 10.8 Å². The lowest BCUT2D eigenvalue weighted by atomic mass is 10.0. The van der Waals surface area contributed by atoms with E-state index in [1.54, 1.807) is 25.1 Å². The van der Waals surface area contributed by atoms with Gasteiger partial charge in [0.25, 0.3) is 5.56 Å². The van der Waals surface area contributed by atoms with Crippen molar-refractivity contribution < 1.29 is 14.6 Å². The summed E-state index contributed by atoms with van der Waals surface area (Å²) in [5, 5.41) is 20.1. The predicted octanol–water partition coefficient (Wildman–Crippen LogP) is 3.23. The number of pyridine rings is 1. The molecule has 0 saturated carbocycles. The van der Waals surface area contributed by atoms with Gasteiger partial charge < -0.3 is 14.6 Å². The Morgan fingerprint density at radius 3 is 2.74 bits per heavy atom. The minimum atomic E-state index is -0.488. The number of benzene rings is 1. The van der Waals surface area contributed by atoms with Gasteiger partial charge in [-0.15, -0.1) is 0 Å². The molecule has 0 fully saturated rings. The highest BCUT2D eigenvalue weighted by atomic mass is 16.6. The molecular weight excluding hydrogens is 346 g/mol. The molecule has 0 aliphatic carbocycles. The van der Waals surface area contributed by atoms with Crippen LogP contribution in [0.15, 0.2) is 28.0 Å². The SMILES string of the molecule is CC[C@@H](C)n1c(O)c(C=Nc2ccc3c(c2)OCCO3)c(C)c(C#N)c1=O. The highest BCUT2D eigenvalue weighted by Crippen LogP contribution is 2.34. The summed E-state index contributed by atoms with van der Waals surface area (Å²) in [6.45, 7) is 6.35. The summed E-state index contributed by atoms with van der Waals surface area (Å²) in [5.41, 5.74) is 0.884. The van der Waals surface area contributed by atoms with Crippen LogP contribution >= 0.6 is 0 Å². The van der Waals surface area contributed by atoms with Crippen LogP contribution in [0.3, 0.4) is 0 Å². The molecule has 27 heavy (non-hydrogen) atoms. The van der Waals surface area contributed by atoms with E-state index in [0.717, 1.165) is 0 Å². The number of aromatic nitrogens is 1. The number of fused-ring (bicyclic) bond motifs is 1. The van der Waals surface area contributed by atoms with Crippen molar-refractivity contribution in [2.75, 3.05) is 13.2 Å². The molecule has 1 N–H and O–H groups in total. The summed E-state index contributed by atoms with van der Waals surface area (Å²) in [4.78, 5) is 16.9. The second-order valence-electron chi connectivity index (χ2n) is 6.37. The molecule has 0 radical (unpaired) electrons. The van der Waals surface area contributed by atoms with E-state index in [2.05, 4.69) is 4.99 Å². The summed E-state index contributed by atoms with van der Waals surface area (Å²) in [6.07, 6.45) is 2.11. The number of hydrogen-bond acceptors (Lipinski definition) is 6. The molecule has 7 nitrogen and oxygen atoms in total. The normalized spacial score (nSPS) is 14.1. The topological polar surface area (TPSA) is 96.8 Å². The maximum absolute atomic E-state index is 12.5. The minimum absolute atomic E-state index is 0.0109. The van der Waals surface area contributed by atoms with Crippen LogP contribution in [0.5, 0.6) is 17.4 Å². The van der Waals surface area contributed by atoms with Crippen molar-refractivity contribution in [2.45, 2.75) is 33.2 Å². The van der Waals surface area contributed by atoms with Gasteiger partial charge in [0.1, 0.15) is 24.8 Å². The Bertz CT molecular complexity index is 1000. The standard InChI is InChI=1S/C20H21N3O4/c1-4-12(2)23-19(24)15(10-21)13(3)16(20(23)25)11-22-14-5-6-17-18(9-14)27-8-7-26-17/h5-6,9,11-12,25H,4,7-8H2,1-3H3/t12-/m1/s1. The Kier molecular flexibility index (Phi) is 5.17. The second-order valence-corrected chi connectivity index (χ2v) is 6.37. The van der Waals surface area contributed by atoms with Crippen LogP contribution in [0, 0.1) is 18.3 Å². The van der Waals surface area contributed by atoms with Crippen LogP contribution < -0.4 is 15.0 Å². The lowest BCUT2D eigenvalue weighted by molar-refractivity contribution is 0.171. The largest absolute Gasteiger partial charge is 0.494 e. The molecule has 0 unspecified atom stereocenters.